The third kappa shape index (κ3) is 2.36. The highest BCUT2D eigenvalue weighted by atomic mass is 35.5. The number of ether oxygens (including phenoxy) is 1. The van der Waals surface area contributed by atoms with Crippen molar-refractivity contribution < 1.29 is 13.9 Å². The molecule has 0 aliphatic rings. The maximum atomic E-state index is 12.3. The van der Waals surface area contributed by atoms with Crippen LogP contribution in [-0.4, -0.2) is 12.6 Å². The smallest absolute Gasteiger partial charge is 0.345 e. The van der Waals surface area contributed by atoms with E-state index in [1.165, 1.54) is 6.07 Å². The summed E-state index contributed by atoms with van der Waals surface area (Å²) in [6.45, 7) is 5.26. The van der Waals surface area contributed by atoms with Crippen molar-refractivity contribution in [1.82, 2.24) is 0 Å². The lowest BCUT2D eigenvalue weighted by molar-refractivity contribution is 0.0521. The van der Waals surface area contributed by atoms with Crippen LogP contribution < -0.4 is 5.43 Å². The van der Waals surface area contributed by atoms with Crippen LogP contribution in [-0.2, 0) is 4.74 Å². The lowest BCUT2D eigenvalue weighted by atomic mass is 10.1. The van der Waals surface area contributed by atoms with Crippen LogP contribution in [0.2, 0.25) is 5.02 Å². The predicted octanol–water partition coefficient (Wildman–Crippen LogP) is 3.24. The Kier molecular flexibility index (Phi) is 3.62. The number of hydrogen-bond donors (Lipinski definition) is 0. The Morgan fingerprint density at radius 1 is 1.37 bits per heavy atom. The Balaban J connectivity index is 2.78. The highest BCUT2D eigenvalue weighted by Gasteiger charge is 2.20. The summed E-state index contributed by atoms with van der Waals surface area (Å²) in [6, 6.07) is 3.20. The minimum Gasteiger partial charge on any atom is -0.462 e. The zero-order valence-electron chi connectivity index (χ0n) is 10.9. The second-order valence-corrected chi connectivity index (χ2v) is 4.59. The molecule has 1 aromatic heterocycles. The van der Waals surface area contributed by atoms with Gasteiger partial charge in [0.1, 0.15) is 16.9 Å². The summed E-state index contributed by atoms with van der Waals surface area (Å²) in [5.74, 6) is -0.426. The fourth-order valence-corrected chi connectivity index (χ4v) is 2.03. The van der Waals surface area contributed by atoms with Gasteiger partial charge in [0.05, 0.1) is 12.0 Å². The molecule has 4 nitrogen and oxygen atoms in total. The van der Waals surface area contributed by atoms with E-state index >= 15 is 0 Å². The molecule has 2 aromatic rings. The summed E-state index contributed by atoms with van der Waals surface area (Å²) in [5, 5.41) is 0.739. The Labute approximate surface area is 114 Å². The molecule has 0 saturated heterocycles. The number of hydrogen-bond acceptors (Lipinski definition) is 4. The Morgan fingerprint density at radius 2 is 2.05 bits per heavy atom. The molecule has 0 saturated carbocycles. The number of carbonyl (C=O) groups excluding carboxylic acids is 1. The molecular formula is C14H13ClO4. The third-order valence-electron chi connectivity index (χ3n) is 2.83. The normalized spacial score (nSPS) is 10.7. The van der Waals surface area contributed by atoms with E-state index in [-0.39, 0.29) is 23.3 Å². The van der Waals surface area contributed by atoms with Gasteiger partial charge in [-0.1, -0.05) is 11.6 Å². The topological polar surface area (TPSA) is 56.5 Å². The fraction of sp³-hybridized carbons (Fsp3) is 0.286. The first-order valence-electron chi connectivity index (χ1n) is 5.86. The summed E-state index contributed by atoms with van der Waals surface area (Å²) in [4.78, 5) is 24.1. The number of rotatable bonds is 2. The van der Waals surface area contributed by atoms with Gasteiger partial charge in [-0.15, -0.1) is 0 Å². The Hall–Kier alpha value is -1.81. The first-order chi connectivity index (χ1) is 8.95. The van der Waals surface area contributed by atoms with Crippen molar-refractivity contribution in [3.05, 3.63) is 44.3 Å². The molecule has 19 heavy (non-hydrogen) atoms. The average molecular weight is 281 g/mol. The largest absolute Gasteiger partial charge is 0.462 e. The standard InChI is InChI=1S/C14H13ClO4/c1-4-18-14(17)12-8(3)19-11-5-7(2)10(15)6-9(11)13(12)16/h5-6H,4H2,1-3H3. The third-order valence-corrected chi connectivity index (χ3v) is 3.23. The van der Waals surface area contributed by atoms with Crippen LogP contribution in [0.25, 0.3) is 11.0 Å². The predicted molar refractivity (Wildman–Crippen MR) is 72.9 cm³/mol. The molecule has 0 spiro atoms. The molecule has 1 aromatic carbocycles. The zero-order chi connectivity index (χ0) is 14.2. The quantitative estimate of drug-likeness (QED) is 0.793. The SMILES string of the molecule is CCOC(=O)c1c(C)oc2cc(C)c(Cl)cc2c1=O. The van der Waals surface area contributed by atoms with Crippen molar-refractivity contribution in [2.45, 2.75) is 20.8 Å². The summed E-state index contributed by atoms with van der Waals surface area (Å²) >= 11 is 6.00. The van der Waals surface area contributed by atoms with E-state index in [4.69, 9.17) is 20.8 Å². The van der Waals surface area contributed by atoms with Gasteiger partial charge in [-0.25, -0.2) is 4.79 Å². The number of esters is 1. The van der Waals surface area contributed by atoms with E-state index in [1.54, 1.807) is 19.9 Å². The number of benzene rings is 1. The van der Waals surface area contributed by atoms with Gasteiger partial charge in [-0.3, -0.25) is 4.79 Å². The van der Waals surface area contributed by atoms with Crippen LogP contribution in [0.4, 0.5) is 0 Å². The van der Waals surface area contributed by atoms with E-state index in [0.29, 0.717) is 10.6 Å². The average Bonchev–Trinajstić information content (AvgIpc) is 2.32. The molecule has 0 radical (unpaired) electrons. The Bertz CT molecular complexity index is 715. The van der Waals surface area contributed by atoms with Gasteiger partial charge in [-0.2, -0.15) is 0 Å². The summed E-state index contributed by atoms with van der Waals surface area (Å²) in [5.41, 5.74) is 0.728. The molecule has 0 bridgehead atoms. The fourth-order valence-electron chi connectivity index (χ4n) is 1.87. The lowest BCUT2D eigenvalue weighted by Crippen LogP contribution is -2.19. The van der Waals surface area contributed by atoms with Crippen LogP contribution in [0, 0.1) is 13.8 Å². The second kappa shape index (κ2) is 5.05. The first kappa shape index (κ1) is 13.6. The first-order valence-corrected chi connectivity index (χ1v) is 6.24. The molecular weight excluding hydrogens is 268 g/mol. The van der Waals surface area contributed by atoms with Crippen LogP contribution in [0.5, 0.6) is 0 Å². The van der Waals surface area contributed by atoms with Crippen LogP contribution in [0.3, 0.4) is 0 Å². The molecule has 0 aliphatic heterocycles. The van der Waals surface area contributed by atoms with Crippen molar-refractivity contribution in [2.24, 2.45) is 0 Å². The molecule has 5 heteroatoms. The van der Waals surface area contributed by atoms with E-state index in [9.17, 15) is 9.59 Å². The zero-order valence-corrected chi connectivity index (χ0v) is 11.6. The van der Waals surface area contributed by atoms with Crippen molar-refractivity contribution >= 4 is 28.5 Å². The molecule has 0 amide bonds. The van der Waals surface area contributed by atoms with E-state index in [2.05, 4.69) is 0 Å². The van der Waals surface area contributed by atoms with E-state index in [1.807, 2.05) is 6.92 Å². The molecule has 1 heterocycles. The molecule has 0 fully saturated rings. The summed E-state index contributed by atoms with van der Waals surface area (Å²) < 4.78 is 10.4. The number of halogens is 1. The minimum absolute atomic E-state index is 0.0748. The minimum atomic E-state index is -0.674. The summed E-state index contributed by atoms with van der Waals surface area (Å²) in [7, 11) is 0. The van der Waals surface area contributed by atoms with Crippen LogP contribution in [0.1, 0.15) is 28.6 Å². The van der Waals surface area contributed by atoms with Crippen LogP contribution >= 0.6 is 11.6 Å². The molecule has 0 aliphatic carbocycles. The maximum absolute atomic E-state index is 12.3. The van der Waals surface area contributed by atoms with Crippen molar-refractivity contribution in [2.75, 3.05) is 6.61 Å². The Morgan fingerprint density at radius 3 is 2.68 bits per heavy atom. The van der Waals surface area contributed by atoms with Gasteiger partial charge >= 0.3 is 5.97 Å². The maximum Gasteiger partial charge on any atom is 0.345 e. The van der Waals surface area contributed by atoms with Crippen molar-refractivity contribution in [3.8, 4) is 0 Å². The van der Waals surface area contributed by atoms with E-state index < -0.39 is 11.4 Å². The lowest BCUT2D eigenvalue weighted by Gasteiger charge is -2.07. The summed E-state index contributed by atoms with van der Waals surface area (Å²) in [6.07, 6.45) is 0. The van der Waals surface area contributed by atoms with Crippen molar-refractivity contribution in [3.63, 3.8) is 0 Å². The van der Waals surface area contributed by atoms with Gasteiger partial charge < -0.3 is 9.15 Å². The highest BCUT2D eigenvalue weighted by molar-refractivity contribution is 6.32. The van der Waals surface area contributed by atoms with Gasteiger partial charge in [0.15, 0.2) is 0 Å². The molecule has 0 atom stereocenters. The van der Waals surface area contributed by atoms with Gasteiger partial charge in [0, 0.05) is 5.02 Å². The molecule has 0 unspecified atom stereocenters. The number of aryl methyl sites for hydroxylation is 2. The van der Waals surface area contributed by atoms with E-state index in [0.717, 1.165) is 5.56 Å². The molecule has 2 rings (SSSR count). The second-order valence-electron chi connectivity index (χ2n) is 4.18. The molecule has 100 valence electrons. The van der Waals surface area contributed by atoms with Crippen LogP contribution in [0.15, 0.2) is 21.3 Å². The van der Waals surface area contributed by atoms with Gasteiger partial charge in [-0.05, 0) is 38.5 Å². The molecule has 0 N–H and O–H groups in total. The van der Waals surface area contributed by atoms with Crippen molar-refractivity contribution in [1.29, 1.82) is 0 Å². The number of carbonyl (C=O) groups is 1. The van der Waals surface area contributed by atoms with Gasteiger partial charge in [0.25, 0.3) is 0 Å². The number of fused-ring (bicyclic) bond motifs is 1. The monoisotopic (exact) mass is 280 g/mol. The van der Waals surface area contributed by atoms with Gasteiger partial charge in [0.2, 0.25) is 5.43 Å². The highest BCUT2D eigenvalue weighted by Crippen LogP contribution is 2.23.